The maximum absolute atomic E-state index is 13.3. The molecule has 0 bridgehead atoms. The number of benzene rings is 1. The lowest BCUT2D eigenvalue weighted by atomic mass is 10.1. The first-order chi connectivity index (χ1) is 13.9. The van der Waals surface area contributed by atoms with Gasteiger partial charge in [-0.3, -0.25) is 14.2 Å². The average Bonchev–Trinajstić information content (AvgIpc) is 3.44. The Morgan fingerprint density at radius 3 is 2.55 bits per heavy atom. The van der Waals surface area contributed by atoms with Crippen LogP contribution in [0.1, 0.15) is 54.0 Å². The van der Waals surface area contributed by atoms with Gasteiger partial charge in [-0.2, -0.15) is 0 Å². The van der Waals surface area contributed by atoms with Crippen LogP contribution in [0, 0.1) is 13.8 Å². The van der Waals surface area contributed by atoms with Crippen molar-refractivity contribution in [2.45, 2.75) is 63.0 Å². The van der Waals surface area contributed by atoms with Crippen molar-refractivity contribution in [1.29, 1.82) is 0 Å². The van der Waals surface area contributed by atoms with Crippen molar-refractivity contribution in [2.75, 3.05) is 0 Å². The molecule has 3 aromatic rings. The Morgan fingerprint density at radius 2 is 1.93 bits per heavy atom. The maximum atomic E-state index is 13.3. The van der Waals surface area contributed by atoms with E-state index in [0.29, 0.717) is 10.5 Å². The number of fused-ring (bicyclic) bond motifs is 1. The number of aromatic nitrogens is 2. The summed E-state index contributed by atoms with van der Waals surface area (Å²) in [4.78, 5) is 33.1. The van der Waals surface area contributed by atoms with E-state index in [1.807, 2.05) is 58.0 Å². The molecule has 152 valence electrons. The number of thiophene rings is 1. The highest BCUT2D eigenvalue weighted by molar-refractivity contribution is 8.00. The molecule has 4 rings (SSSR count). The molecule has 0 spiro atoms. The zero-order valence-corrected chi connectivity index (χ0v) is 18.7. The van der Waals surface area contributed by atoms with E-state index >= 15 is 0 Å². The fraction of sp³-hybridized carbons (Fsp3) is 0.409. The van der Waals surface area contributed by atoms with E-state index in [4.69, 9.17) is 4.98 Å². The van der Waals surface area contributed by atoms with Crippen LogP contribution in [-0.4, -0.2) is 21.5 Å². The van der Waals surface area contributed by atoms with E-state index in [1.54, 1.807) is 15.9 Å². The highest BCUT2D eigenvalue weighted by Gasteiger charge is 2.31. The van der Waals surface area contributed by atoms with Gasteiger partial charge in [0.2, 0.25) is 5.91 Å². The van der Waals surface area contributed by atoms with Crippen LogP contribution in [0.4, 0.5) is 0 Å². The maximum Gasteiger partial charge on any atom is 0.263 e. The lowest BCUT2D eigenvalue weighted by Crippen LogP contribution is -2.31. The number of hydrogen-bond donors (Lipinski definition) is 1. The van der Waals surface area contributed by atoms with Crippen LogP contribution in [-0.2, 0) is 4.79 Å². The molecule has 1 saturated carbocycles. The Hall–Kier alpha value is -2.12. The molecule has 1 aromatic carbocycles. The van der Waals surface area contributed by atoms with Gasteiger partial charge in [0.25, 0.3) is 5.56 Å². The fourth-order valence-electron chi connectivity index (χ4n) is 3.34. The lowest BCUT2D eigenvalue weighted by Gasteiger charge is -2.20. The number of carbonyl (C=O) groups is 1. The molecule has 1 fully saturated rings. The number of nitrogens with zero attached hydrogens (tertiary/aromatic N) is 2. The summed E-state index contributed by atoms with van der Waals surface area (Å²) in [5.41, 5.74) is 1.89. The Labute approximate surface area is 178 Å². The van der Waals surface area contributed by atoms with Crippen molar-refractivity contribution in [3.63, 3.8) is 0 Å². The van der Waals surface area contributed by atoms with Gasteiger partial charge in [0.05, 0.1) is 5.39 Å². The van der Waals surface area contributed by atoms with Crippen molar-refractivity contribution < 1.29 is 4.79 Å². The standard InChI is InChI=1S/C22H25N3O2S2/c1-12(2)25-21(27)17-13(3)14(4)28-20(17)24-22(25)29-18(15-8-6-5-7-9-15)19(26)23-16-10-11-16/h5-9,12,16,18H,10-11H2,1-4H3,(H,23,26)/t18-/m0/s1. The highest BCUT2D eigenvalue weighted by atomic mass is 32.2. The molecule has 1 amide bonds. The molecule has 0 aliphatic heterocycles. The van der Waals surface area contributed by atoms with Gasteiger partial charge in [0.15, 0.2) is 5.16 Å². The number of rotatable bonds is 6. The van der Waals surface area contributed by atoms with Crippen LogP contribution in [0.25, 0.3) is 10.2 Å². The smallest absolute Gasteiger partial charge is 0.263 e. The van der Waals surface area contributed by atoms with E-state index in [0.717, 1.165) is 33.7 Å². The summed E-state index contributed by atoms with van der Waals surface area (Å²) in [6, 6.07) is 9.95. The molecule has 5 nitrogen and oxygen atoms in total. The first kappa shape index (κ1) is 20.2. The fourth-order valence-corrected chi connectivity index (χ4v) is 5.64. The summed E-state index contributed by atoms with van der Waals surface area (Å²) in [5, 5.41) is 3.96. The SMILES string of the molecule is Cc1sc2nc(S[C@H](C(=O)NC3CC3)c3ccccc3)n(C(C)C)c(=O)c2c1C. The van der Waals surface area contributed by atoms with Crippen molar-refractivity contribution in [1.82, 2.24) is 14.9 Å². The van der Waals surface area contributed by atoms with Gasteiger partial charge < -0.3 is 5.32 Å². The number of hydrogen-bond acceptors (Lipinski definition) is 5. The van der Waals surface area contributed by atoms with Gasteiger partial charge in [-0.1, -0.05) is 42.1 Å². The van der Waals surface area contributed by atoms with Gasteiger partial charge in [-0.25, -0.2) is 4.98 Å². The van der Waals surface area contributed by atoms with Gasteiger partial charge in [0, 0.05) is 17.0 Å². The van der Waals surface area contributed by atoms with Gasteiger partial charge in [0.1, 0.15) is 10.1 Å². The quantitative estimate of drug-likeness (QED) is 0.455. The van der Waals surface area contributed by atoms with Crippen molar-refractivity contribution in [2.24, 2.45) is 0 Å². The summed E-state index contributed by atoms with van der Waals surface area (Å²) in [6.45, 7) is 7.96. The average molecular weight is 428 g/mol. The molecular formula is C22H25N3O2S2. The summed E-state index contributed by atoms with van der Waals surface area (Å²) in [5.74, 6) is -0.0214. The van der Waals surface area contributed by atoms with E-state index in [2.05, 4.69) is 5.32 Å². The molecule has 0 radical (unpaired) electrons. The van der Waals surface area contributed by atoms with Crippen molar-refractivity contribution in [3.8, 4) is 0 Å². The second-order valence-electron chi connectivity index (χ2n) is 7.82. The highest BCUT2D eigenvalue weighted by Crippen LogP contribution is 2.37. The third-order valence-corrected chi connectivity index (χ3v) is 7.53. The molecule has 1 aliphatic rings. The van der Waals surface area contributed by atoms with E-state index < -0.39 is 5.25 Å². The predicted octanol–water partition coefficient (Wildman–Crippen LogP) is 4.77. The molecular weight excluding hydrogens is 402 g/mol. The monoisotopic (exact) mass is 427 g/mol. The molecule has 0 saturated heterocycles. The van der Waals surface area contributed by atoms with Crippen LogP contribution >= 0.6 is 23.1 Å². The molecule has 0 unspecified atom stereocenters. The first-order valence-corrected chi connectivity index (χ1v) is 11.6. The molecule has 1 N–H and O–H groups in total. The van der Waals surface area contributed by atoms with Crippen molar-refractivity contribution in [3.05, 3.63) is 56.7 Å². The minimum absolute atomic E-state index is 0.0214. The van der Waals surface area contributed by atoms with E-state index in [1.165, 1.54) is 11.8 Å². The number of thioether (sulfide) groups is 1. The molecule has 2 heterocycles. The number of aryl methyl sites for hydroxylation is 2. The topological polar surface area (TPSA) is 64.0 Å². The molecule has 7 heteroatoms. The van der Waals surface area contributed by atoms with Gasteiger partial charge >= 0.3 is 0 Å². The minimum atomic E-state index is -0.451. The summed E-state index contributed by atoms with van der Waals surface area (Å²) >= 11 is 2.91. The second-order valence-corrected chi connectivity index (χ2v) is 10.1. The number of nitrogens with one attached hydrogen (secondary N) is 1. The molecule has 29 heavy (non-hydrogen) atoms. The van der Waals surface area contributed by atoms with E-state index in [9.17, 15) is 9.59 Å². The van der Waals surface area contributed by atoms with Crippen LogP contribution in [0.2, 0.25) is 0 Å². The minimum Gasteiger partial charge on any atom is -0.352 e. The van der Waals surface area contributed by atoms with Crippen molar-refractivity contribution >= 4 is 39.2 Å². The normalized spacial score (nSPS) is 15.1. The third kappa shape index (κ3) is 3.98. The third-order valence-electron chi connectivity index (χ3n) is 5.21. The summed E-state index contributed by atoms with van der Waals surface area (Å²) < 4.78 is 1.73. The predicted molar refractivity (Wildman–Crippen MR) is 120 cm³/mol. The number of amides is 1. The van der Waals surface area contributed by atoms with E-state index in [-0.39, 0.29) is 23.6 Å². The van der Waals surface area contributed by atoms with Crippen LogP contribution in [0.3, 0.4) is 0 Å². The second kappa shape index (κ2) is 7.95. The Bertz CT molecular complexity index is 1110. The molecule has 1 aliphatic carbocycles. The Kier molecular flexibility index (Phi) is 5.53. The molecule has 1 atom stereocenters. The first-order valence-electron chi connectivity index (χ1n) is 9.91. The number of carbonyl (C=O) groups excluding carboxylic acids is 1. The van der Waals surface area contributed by atoms with Crippen LogP contribution < -0.4 is 10.9 Å². The zero-order chi connectivity index (χ0) is 20.7. The summed E-state index contributed by atoms with van der Waals surface area (Å²) in [7, 11) is 0. The van der Waals surface area contributed by atoms with Crippen LogP contribution in [0.5, 0.6) is 0 Å². The largest absolute Gasteiger partial charge is 0.352 e. The molecule has 2 aromatic heterocycles. The van der Waals surface area contributed by atoms with Gasteiger partial charge in [-0.05, 0) is 51.7 Å². The van der Waals surface area contributed by atoms with Crippen LogP contribution in [0.15, 0.2) is 40.3 Å². The Morgan fingerprint density at radius 1 is 1.24 bits per heavy atom. The zero-order valence-electron chi connectivity index (χ0n) is 17.1. The lowest BCUT2D eigenvalue weighted by molar-refractivity contribution is -0.120. The van der Waals surface area contributed by atoms with Gasteiger partial charge in [-0.15, -0.1) is 11.3 Å². The summed E-state index contributed by atoms with van der Waals surface area (Å²) in [6.07, 6.45) is 2.07. The Balaban J connectivity index is 1.81.